The van der Waals surface area contributed by atoms with Crippen molar-refractivity contribution in [3.63, 3.8) is 0 Å². The van der Waals surface area contributed by atoms with Gasteiger partial charge < -0.3 is 4.90 Å². The third-order valence-corrected chi connectivity index (χ3v) is 5.09. The summed E-state index contributed by atoms with van der Waals surface area (Å²) in [6.07, 6.45) is 2.70. The van der Waals surface area contributed by atoms with Gasteiger partial charge in [-0.3, -0.25) is 24.3 Å². The fourth-order valence-corrected chi connectivity index (χ4v) is 3.62. The highest BCUT2D eigenvalue weighted by Gasteiger charge is 2.42. The Bertz CT molecular complexity index is 848. The summed E-state index contributed by atoms with van der Waals surface area (Å²) in [5, 5.41) is 0. The number of carbonyl (C=O) groups is 3. The molecule has 1 saturated heterocycles. The lowest BCUT2D eigenvalue weighted by Crippen LogP contribution is -2.48. The van der Waals surface area contributed by atoms with E-state index >= 15 is 0 Å². The van der Waals surface area contributed by atoms with Crippen LogP contribution in [0.5, 0.6) is 0 Å². The molecule has 0 aliphatic carbocycles. The third kappa shape index (κ3) is 2.67. The second kappa shape index (κ2) is 6.37. The summed E-state index contributed by atoms with van der Waals surface area (Å²) >= 11 is 0. The van der Waals surface area contributed by atoms with Gasteiger partial charge in [0.25, 0.3) is 17.7 Å². The molecule has 0 radical (unpaired) electrons. The van der Waals surface area contributed by atoms with Crippen LogP contribution in [0, 0.1) is 6.92 Å². The average Bonchev–Trinajstić information content (AvgIpc) is 2.93. The van der Waals surface area contributed by atoms with Gasteiger partial charge in [-0.05, 0) is 44.0 Å². The predicted octanol–water partition coefficient (Wildman–Crippen LogP) is 2.29. The van der Waals surface area contributed by atoms with Crippen molar-refractivity contribution < 1.29 is 14.4 Å². The van der Waals surface area contributed by atoms with Gasteiger partial charge in [-0.2, -0.15) is 0 Å². The lowest BCUT2D eigenvalue weighted by molar-refractivity contribution is 0.0477. The summed E-state index contributed by atoms with van der Waals surface area (Å²) in [7, 11) is 0. The fourth-order valence-electron chi connectivity index (χ4n) is 3.62. The minimum Gasteiger partial charge on any atom is -0.338 e. The Morgan fingerprint density at radius 2 is 1.73 bits per heavy atom. The van der Waals surface area contributed by atoms with Gasteiger partial charge in [-0.15, -0.1) is 0 Å². The number of amides is 3. The molecule has 2 aliphatic heterocycles. The zero-order valence-electron chi connectivity index (χ0n) is 14.5. The van der Waals surface area contributed by atoms with Gasteiger partial charge in [0.2, 0.25) is 0 Å². The highest BCUT2D eigenvalue weighted by atomic mass is 16.2. The summed E-state index contributed by atoms with van der Waals surface area (Å²) < 4.78 is 0. The minimum atomic E-state index is -0.325. The van der Waals surface area contributed by atoms with E-state index in [0.717, 1.165) is 5.56 Å². The molecule has 6 nitrogen and oxygen atoms in total. The monoisotopic (exact) mass is 349 g/mol. The SMILES string of the molecule is Cc1ccc(C(=O)N2CCC(N3C(=O)c4cccnc4C3=O)CC2)cc1. The molecule has 132 valence electrons. The van der Waals surface area contributed by atoms with Crippen LogP contribution in [0.25, 0.3) is 0 Å². The molecule has 0 spiro atoms. The zero-order valence-corrected chi connectivity index (χ0v) is 14.5. The van der Waals surface area contributed by atoms with Crippen molar-refractivity contribution in [2.45, 2.75) is 25.8 Å². The van der Waals surface area contributed by atoms with Gasteiger partial charge >= 0.3 is 0 Å². The first-order valence-corrected chi connectivity index (χ1v) is 8.75. The van der Waals surface area contributed by atoms with Crippen LogP contribution >= 0.6 is 0 Å². The van der Waals surface area contributed by atoms with Gasteiger partial charge in [0.1, 0.15) is 5.69 Å². The van der Waals surface area contributed by atoms with Crippen LogP contribution < -0.4 is 0 Å². The lowest BCUT2D eigenvalue weighted by atomic mass is 10.0. The Balaban J connectivity index is 1.44. The number of aryl methyl sites for hydroxylation is 1. The summed E-state index contributed by atoms with van der Waals surface area (Å²) in [5.74, 6) is -0.609. The number of rotatable bonds is 2. The Morgan fingerprint density at radius 1 is 1.04 bits per heavy atom. The van der Waals surface area contributed by atoms with E-state index in [1.54, 1.807) is 17.0 Å². The minimum absolute atomic E-state index is 0.00697. The Morgan fingerprint density at radius 3 is 2.38 bits per heavy atom. The molecular weight excluding hydrogens is 330 g/mol. The smallest absolute Gasteiger partial charge is 0.280 e. The molecule has 1 aromatic heterocycles. The first-order valence-electron chi connectivity index (χ1n) is 8.75. The number of nitrogens with zero attached hydrogens (tertiary/aromatic N) is 3. The maximum Gasteiger partial charge on any atom is 0.280 e. The predicted molar refractivity (Wildman–Crippen MR) is 94.8 cm³/mol. The number of hydrogen-bond donors (Lipinski definition) is 0. The number of hydrogen-bond acceptors (Lipinski definition) is 4. The van der Waals surface area contributed by atoms with Crippen LogP contribution in [0.1, 0.15) is 49.6 Å². The van der Waals surface area contributed by atoms with Gasteiger partial charge in [0.05, 0.1) is 5.56 Å². The van der Waals surface area contributed by atoms with E-state index in [1.165, 1.54) is 11.1 Å². The highest BCUT2D eigenvalue weighted by Crippen LogP contribution is 2.27. The Hall–Kier alpha value is -3.02. The molecule has 2 aliphatic rings. The molecule has 0 atom stereocenters. The van der Waals surface area contributed by atoms with E-state index in [2.05, 4.69) is 4.98 Å². The van der Waals surface area contributed by atoms with Gasteiger partial charge in [-0.1, -0.05) is 17.7 Å². The quantitative estimate of drug-likeness (QED) is 0.780. The van der Waals surface area contributed by atoms with Crippen LogP contribution in [0.4, 0.5) is 0 Å². The molecule has 1 fully saturated rings. The van der Waals surface area contributed by atoms with Crippen LogP contribution in [0.3, 0.4) is 0 Å². The van der Waals surface area contributed by atoms with Crippen LogP contribution in [0.2, 0.25) is 0 Å². The molecule has 1 aromatic carbocycles. The molecule has 3 amide bonds. The van der Waals surface area contributed by atoms with Crippen molar-refractivity contribution in [3.8, 4) is 0 Å². The third-order valence-electron chi connectivity index (χ3n) is 5.09. The van der Waals surface area contributed by atoms with Crippen molar-refractivity contribution in [2.75, 3.05) is 13.1 Å². The largest absolute Gasteiger partial charge is 0.338 e. The van der Waals surface area contributed by atoms with E-state index in [9.17, 15) is 14.4 Å². The molecule has 26 heavy (non-hydrogen) atoms. The number of piperidine rings is 1. The van der Waals surface area contributed by atoms with Gasteiger partial charge in [0.15, 0.2) is 0 Å². The Kier molecular flexibility index (Phi) is 4.03. The zero-order chi connectivity index (χ0) is 18.3. The van der Waals surface area contributed by atoms with E-state index in [-0.39, 0.29) is 29.5 Å². The molecule has 2 aromatic rings. The highest BCUT2D eigenvalue weighted by molar-refractivity contribution is 6.20. The van der Waals surface area contributed by atoms with Crippen molar-refractivity contribution in [1.29, 1.82) is 0 Å². The van der Waals surface area contributed by atoms with E-state index < -0.39 is 0 Å². The number of fused-ring (bicyclic) bond motifs is 1. The number of imide groups is 1. The molecule has 0 unspecified atom stereocenters. The number of benzene rings is 1. The van der Waals surface area contributed by atoms with E-state index in [0.29, 0.717) is 37.1 Å². The van der Waals surface area contributed by atoms with Crippen LogP contribution in [-0.2, 0) is 0 Å². The molecule has 6 heteroatoms. The molecular formula is C20H19N3O3. The van der Waals surface area contributed by atoms with Crippen LogP contribution in [-0.4, -0.2) is 51.6 Å². The first-order chi connectivity index (χ1) is 12.6. The van der Waals surface area contributed by atoms with Gasteiger partial charge in [-0.25, -0.2) is 0 Å². The summed E-state index contributed by atoms with van der Waals surface area (Å²) in [5.41, 5.74) is 2.38. The van der Waals surface area contributed by atoms with E-state index in [1.807, 2.05) is 31.2 Å². The number of pyridine rings is 1. The Labute approximate surface area is 151 Å². The molecule has 0 N–H and O–H groups in total. The van der Waals surface area contributed by atoms with Crippen molar-refractivity contribution >= 4 is 17.7 Å². The lowest BCUT2D eigenvalue weighted by Gasteiger charge is -2.35. The summed E-state index contributed by atoms with van der Waals surface area (Å²) in [4.78, 5) is 44.9. The molecule has 0 saturated carbocycles. The topological polar surface area (TPSA) is 70.6 Å². The summed E-state index contributed by atoms with van der Waals surface area (Å²) in [6, 6.07) is 10.6. The second-order valence-electron chi connectivity index (χ2n) is 6.77. The molecule has 3 heterocycles. The fraction of sp³-hybridized carbons (Fsp3) is 0.300. The maximum atomic E-state index is 12.6. The normalized spacial score (nSPS) is 17.6. The van der Waals surface area contributed by atoms with Crippen LogP contribution in [0.15, 0.2) is 42.6 Å². The van der Waals surface area contributed by atoms with Gasteiger partial charge in [0, 0.05) is 30.9 Å². The number of likely N-dealkylation sites (tertiary alicyclic amines) is 1. The second-order valence-corrected chi connectivity index (χ2v) is 6.77. The summed E-state index contributed by atoms with van der Waals surface area (Å²) in [6.45, 7) is 3.03. The number of aromatic nitrogens is 1. The standard InChI is InChI=1S/C20H19N3O3/c1-13-4-6-14(7-5-13)18(24)22-11-8-15(9-12-22)23-19(25)16-3-2-10-21-17(16)20(23)26/h2-7,10,15H,8-9,11-12H2,1H3. The van der Waals surface area contributed by atoms with E-state index in [4.69, 9.17) is 0 Å². The van der Waals surface area contributed by atoms with Crippen molar-refractivity contribution in [3.05, 3.63) is 65.0 Å². The number of carbonyl (C=O) groups excluding carboxylic acids is 3. The van der Waals surface area contributed by atoms with Crippen molar-refractivity contribution in [2.24, 2.45) is 0 Å². The van der Waals surface area contributed by atoms with Crippen molar-refractivity contribution in [1.82, 2.24) is 14.8 Å². The molecule has 0 bridgehead atoms. The average molecular weight is 349 g/mol. The maximum absolute atomic E-state index is 12.6. The molecule has 4 rings (SSSR count). The first kappa shape index (κ1) is 16.4.